The molecule has 0 bridgehead atoms. The monoisotopic (exact) mass is 394 g/mol. The van der Waals surface area contributed by atoms with E-state index in [0.717, 1.165) is 0 Å². The number of aromatic nitrogens is 2. The summed E-state index contributed by atoms with van der Waals surface area (Å²) in [6.45, 7) is 0. The lowest BCUT2D eigenvalue weighted by atomic mass is 10.2. The van der Waals surface area contributed by atoms with Gasteiger partial charge in [0, 0.05) is 5.56 Å². The Balaban J connectivity index is 2.25. The van der Waals surface area contributed by atoms with Crippen LogP contribution in [0.4, 0.5) is 5.69 Å². The van der Waals surface area contributed by atoms with E-state index in [1.165, 1.54) is 12.4 Å². The molecule has 0 radical (unpaired) electrons. The molecule has 2 N–H and O–H groups in total. The van der Waals surface area contributed by atoms with E-state index in [-0.39, 0.29) is 10.0 Å². The fourth-order valence-electron chi connectivity index (χ4n) is 1.29. The summed E-state index contributed by atoms with van der Waals surface area (Å²) in [5.74, 6) is 0. The highest BCUT2D eigenvalue weighted by Crippen LogP contribution is 2.30. The fraction of sp³-hybridized carbons (Fsp3) is 0. The highest BCUT2D eigenvalue weighted by atomic mass is 79.9. The van der Waals surface area contributed by atoms with Crippen molar-refractivity contribution >= 4 is 62.6 Å². The van der Waals surface area contributed by atoms with Gasteiger partial charge in [0.05, 0.1) is 33.2 Å². The summed E-state index contributed by atoms with van der Waals surface area (Å²) in [6.07, 6.45) is 2.81. The Kier molecular flexibility index (Phi) is 5.04. The van der Waals surface area contributed by atoms with Crippen LogP contribution in [0.3, 0.4) is 0 Å². The minimum absolute atomic E-state index is 0.285. The quantitative estimate of drug-likeness (QED) is 0.469. The molecule has 5 nitrogen and oxygen atoms in total. The summed E-state index contributed by atoms with van der Waals surface area (Å²) < 4.78 is 0.285. The van der Waals surface area contributed by atoms with Crippen molar-refractivity contribution in [2.45, 2.75) is 0 Å². The zero-order valence-corrected chi connectivity index (χ0v) is 13.5. The molecule has 9 heteroatoms. The average Bonchev–Trinajstić information content (AvgIpc) is 2.43. The van der Waals surface area contributed by atoms with Crippen LogP contribution < -0.4 is 11.0 Å². The molecule has 0 aliphatic rings. The molecule has 1 heterocycles. The Bertz CT molecular complexity index is 732. The maximum Gasteiger partial charge on any atom is 0.280 e. The van der Waals surface area contributed by atoms with Gasteiger partial charge in [-0.1, -0.05) is 34.8 Å². The first-order valence-electron chi connectivity index (χ1n) is 5.16. The fourth-order valence-corrected chi connectivity index (χ4v) is 2.20. The van der Waals surface area contributed by atoms with Crippen LogP contribution in [0.15, 0.2) is 32.7 Å². The normalized spacial score (nSPS) is 11.0. The van der Waals surface area contributed by atoms with E-state index in [1.807, 2.05) is 0 Å². The van der Waals surface area contributed by atoms with E-state index in [1.54, 1.807) is 12.1 Å². The van der Waals surface area contributed by atoms with Gasteiger partial charge in [-0.25, -0.2) is 5.10 Å². The molecule has 20 heavy (non-hydrogen) atoms. The zero-order chi connectivity index (χ0) is 14.7. The van der Waals surface area contributed by atoms with Gasteiger partial charge in [-0.3, -0.25) is 10.2 Å². The molecule has 1 aromatic heterocycles. The molecule has 0 spiro atoms. The van der Waals surface area contributed by atoms with Crippen LogP contribution in [-0.4, -0.2) is 16.4 Å². The van der Waals surface area contributed by atoms with Crippen molar-refractivity contribution in [2.24, 2.45) is 5.10 Å². The summed E-state index contributed by atoms with van der Waals surface area (Å²) in [7, 11) is 0. The number of anilines is 1. The van der Waals surface area contributed by atoms with Crippen molar-refractivity contribution in [3.05, 3.63) is 53.8 Å². The molecule has 0 aliphatic carbocycles. The summed E-state index contributed by atoms with van der Waals surface area (Å²) in [6, 6.07) is 3.20. The number of nitrogens with one attached hydrogen (secondary N) is 2. The molecule has 104 valence electrons. The van der Waals surface area contributed by atoms with Crippen LogP contribution in [0.2, 0.25) is 15.1 Å². The smallest absolute Gasteiger partial charge is 0.275 e. The number of H-pyrrole nitrogens is 1. The third-order valence-corrected chi connectivity index (χ3v) is 4.19. The van der Waals surface area contributed by atoms with Gasteiger partial charge in [-0.05, 0) is 28.1 Å². The second kappa shape index (κ2) is 6.58. The second-order valence-electron chi connectivity index (χ2n) is 3.55. The number of hydrogen-bond donors (Lipinski definition) is 2. The highest BCUT2D eigenvalue weighted by molar-refractivity contribution is 9.10. The SMILES string of the molecule is O=c1[nH]ncc(N/N=C/c2c(Cl)ccc(Cl)c2Cl)c1Br. The van der Waals surface area contributed by atoms with Crippen LogP contribution >= 0.6 is 50.7 Å². The zero-order valence-electron chi connectivity index (χ0n) is 9.62. The average molecular weight is 396 g/mol. The van der Waals surface area contributed by atoms with Crippen LogP contribution in [0.1, 0.15) is 5.56 Å². The second-order valence-corrected chi connectivity index (χ2v) is 5.54. The Morgan fingerprint density at radius 1 is 1.30 bits per heavy atom. The predicted octanol–water partition coefficient (Wildman–Crippen LogP) is 3.94. The molecule has 0 amide bonds. The van der Waals surface area contributed by atoms with Crippen LogP contribution in [0.5, 0.6) is 0 Å². The molecular formula is C11H6BrCl3N4O. The largest absolute Gasteiger partial charge is 0.280 e. The lowest BCUT2D eigenvalue weighted by Crippen LogP contribution is -2.10. The third kappa shape index (κ3) is 3.32. The molecule has 0 unspecified atom stereocenters. The molecular weight excluding hydrogens is 390 g/mol. The number of rotatable bonds is 3. The molecule has 2 rings (SSSR count). The van der Waals surface area contributed by atoms with E-state index < -0.39 is 0 Å². The Labute approximate surface area is 137 Å². The predicted molar refractivity (Wildman–Crippen MR) is 85.2 cm³/mol. The van der Waals surface area contributed by atoms with E-state index in [4.69, 9.17) is 34.8 Å². The summed E-state index contributed by atoms with van der Waals surface area (Å²) >= 11 is 21.0. The number of aromatic amines is 1. The molecule has 0 saturated carbocycles. The highest BCUT2D eigenvalue weighted by Gasteiger charge is 2.08. The third-order valence-electron chi connectivity index (χ3n) is 2.25. The van der Waals surface area contributed by atoms with Crippen molar-refractivity contribution in [3.8, 4) is 0 Å². The number of hydrogen-bond acceptors (Lipinski definition) is 4. The van der Waals surface area contributed by atoms with Gasteiger partial charge in [-0.15, -0.1) is 0 Å². The van der Waals surface area contributed by atoms with Gasteiger partial charge >= 0.3 is 0 Å². The summed E-state index contributed by atoms with van der Waals surface area (Å²) in [4.78, 5) is 11.3. The first kappa shape index (κ1) is 15.3. The van der Waals surface area contributed by atoms with Crippen molar-refractivity contribution in [3.63, 3.8) is 0 Å². The van der Waals surface area contributed by atoms with Crippen LogP contribution in [0, 0.1) is 0 Å². The van der Waals surface area contributed by atoms with Crippen molar-refractivity contribution in [2.75, 3.05) is 5.43 Å². The number of halogens is 4. The maximum atomic E-state index is 11.3. The van der Waals surface area contributed by atoms with Gasteiger partial charge in [0.25, 0.3) is 5.56 Å². The molecule has 0 atom stereocenters. The van der Waals surface area contributed by atoms with Gasteiger partial charge in [0.15, 0.2) is 0 Å². The number of hydrazone groups is 1. The molecule has 1 aromatic carbocycles. The van der Waals surface area contributed by atoms with Crippen LogP contribution in [-0.2, 0) is 0 Å². The lowest BCUT2D eigenvalue weighted by Gasteiger charge is -2.04. The molecule has 0 aliphatic heterocycles. The minimum Gasteiger partial charge on any atom is -0.275 e. The van der Waals surface area contributed by atoms with Crippen molar-refractivity contribution in [1.82, 2.24) is 10.2 Å². The van der Waals surface area contributed by atoms with Crippen molar-refractivity contribution < 1.29 is 0 Å². The summed E-state index contributed by atoms with van der Waals surface area (Å²) in [5.41, 5.74) is 3.16. The summed E-state index contributed by atoms with van der Waals surface area (Å²) in [5, 5.41) is 10.9. The number of benzene rings is 1. The molecule has 0 saturated heterocycles. The van der Waals surface area contributed by atoms with E-state index in [9.17, 15) is 4.79 Å². The maximum absolute atomic E-state index is 11.3. The molecule has 0 fully saturated rings. The number of nitrogens with zero attached hydrogens (tertiary/aromatic N) is 2. The van der Waals surface area contributed by atoms with Gasteiger partial charge in [0.2, 0.25) is 0 Å². The van der Waals surface area contributed by atoms with Crippen LogP contribution in [0.25, 0.3) is 0 Å². The Hall–Kier alpha value is -1.08. The topological polar surface area (TPSA) is 70.1 Å². The Morgan fingerprint density at radius 2 is 2.00 bits per heavy atom. The first-order chi connectivity index (χ1) is 9.50. The lowest BCUT2D eigenvalue weighted by molar-refractivity contribution is 0.977. The molecule has 2 aromatic rings. The minimum atomic E-state index is -0.371. The van der Waals surface area contributed by atoms with Crippen molar-refractivity contribution in [1.29, 1.82) is 0 Å². The van der Waals surface area contributed by atoms with E-state index >= 15 is 0 Å². The van der Waals surface area contributed by atoms with E-state index in [2.05, 4.69) is 36.7 Å². The van der Waals surface area contributed by atoms with E-state index in [0.29, 0.717) is 26.3 Å². The van der Waals surface area contributed by atoms with Gasteiger partial charge < -0.3 is 0 Å². The van der Waals surface area contributed by atoms with Gasteiger partial charge in [0.1, 0.15) is 4.47 Å². The van der Waals surface area contributed by atoms with Gasteiger partial charge in [-0.2, -0.15) is 10.2 Å². The standard InChI is InChI=1S/C11H6BrCl3N4O/c12-9-8(4-17-19-11(9)20)18-16-3-5-6(13)1-2-7(14)10(5)15/h1-4H,(H2,18,19,20)/b16-3+. The first-order valence-corrected chi connectivity index (χ1v) is 7.09. The Morgan fingerprint density at radius 3 is 2.75 bits per heavy atom.